The zero-order valence-corrected chi connectivity index (χ0v) is 18.1. The van der Waals surface area contributed by atoms with Crippen molar-refractivity contribution in [2.75, 3.05) is 32.1 Å². The molecule has 3 aromatic rings. The standard InChI is InChI=1S/C21H27N7O2/c1-6-16(29)28-8-7-15(11-28)26(3)19-17-20(24-12-23-19)27(4)18(25-17)14-9-13(2)21(30-5)22-10-14/h9-10,12,15H,6-8,11H2,1-5H3/t15-/m0/s1. The molecule has 9 heteroatoms. The number of pyridine rings is 1. The fraction of sp³-hybridized carbons (Fsp3) is 0.476. The zero-order valence-electron chi connectivity index (χ0n) is 18.1. The van der Waals surface area contributed by atoms with E-state index in [4.69, 9.17) is 9.72 Å². The molecule has 0 saturated carbocycles. The lowest BCUT2D eigenvalue weighted by Crippen LogP contribution is -2.36. The number of nitrogens with zero attached hydrogens (tertiary/aromatic N) is 7. The van der Waals surface area contributed by atoms with E-state index in [9.17, 15) is 4.79 Å². The molecule has 30 heavy (non-hydrogen) atoms. The van der Waals surface area contributed by atoms with Crippen molar-refractivity contribution in [3.8, 4) is 17.3 Å². The topological polar surface area (TPSA) is 89.3 Å². The maximum atomic E-state index is 12.1. The van der Waals surface area contributed by atoms with Crippen LogP contribution in [0, 0.1) is 6.92 Å². The van der Waals surface area contributed by atoms with Gasteiger partial charge in [-0.2, -0.15) is 0 Å². The van der Waals surface area contributed by atoms with Crippen LogP contribution in [0.2, 0.25) is 0 Å². The van der Waals surface area contributed by atoms with Gasteiger partial charge in [-0.3, -0.25) is 4.79 Å². The van der Waals surface area contributed by atoms with Crippen LogP contribution >= 0.6 is 0 Å². The summed E-state index contributed by atoms with van der Waals surface area (Å²) in [6.45, 7) is 5.34. The van der Waals surface area contributed by atoms with E-state index in [1.807, 2.05) is 43.5 Å². The van der Waals surface area contributed by atoms with Gasteiger partial charge in [-0.15, -0.1) is 0 Å². The van der Waals surface area contributed by atoms with E-state index in [-0.39, 0.29) is 11.9 Å². The number of fused-ring (bicyclic) bond motifs is 1. The molecule has 1 saturated heterocycles. The number of carbonyl (C=O) groups excluding carboxylic acids is 1. The van der Waals surface area contributed by atoms with E-state index >= 15 is 0 Å². The number of aromatic nitrogens is 5. The number of carbonyl (C=O) groups is 1. The molecule has 0 aliphatic carbocycles. The highest BCUT2D eigenvalue weighted by atomic mass is 16.5. The molecule has 0 radical (unpaired) electrons. The first-order valence-electron chi connectivity index (χ1n) is 10.1. The van der Waals surface area contributed by atoms with Gasteiger partial charge in [0, 0.05) is 57.0 Å². The molecule has 0 unspecified atom stereocenters. The molecule has 0 spiro atoms. The smallest absolute Gasteiger partial charge is 0.222 e. The molecule has 9 nitrogen and oxygen atoms in total. The molecule has 1 amide bonds. The fourth-order valence-corrected chi connectivity index (χ4v) is 4.08. The number of hydrogen-bond donors (Lipinski definition) is 0. The van der Waals surface area contributed by atoms with Crippen LogP contribution in [0.4, 0.5) is 5.82 Å². The Morgan fingerprint density at radius 2 is 2.13 bits per heavy atom. The van der Waals surface area contributed by atoms with Crippen molar-refractivity contribution in [3.05, 3.63) is 24.2 Å². The minimum Gasteiger partial charge on any atom is -0.481 e. The lowest BCUT2D eigenvalue weighted by molar-refractivity contribution is -0.129. The molecule has 1 atom stereocenters. The third kappa shape index (κ3) is 3.34. The molecule has 158 valence electrons. The summed E-state index contributed by atoms with van der Waals surface area (Å²) >= 11 is 0. The molecule has 3 aromatic heterocycles. The number of hydrogen-bond acceptors (Lipinski definition) is 7. The highest BCUT2D eigenvalue weighted by Crippen LogP contribution is 2.30. The van der Waals surface area contributed by atoms with E-state index in [2.05, 4.69) is 19.9 Å². The average Bonchev–Trinajstić information content (AvgIpc) is 3.38. The van der Waals surface area contributed by atoms with Gasteiger partial charge >= 0.3 is 0 Å². The predicted molar refractivity (Wildman–Crippen MR) is 115 cm³/mol. The summed E-state index contributed by atoms with van der Waals surface area (Å²) in [5, 5.41) is 0. The molecular formula is C21H27N7O2. The van der Waals surface area contributed by atoms with Crippen LogP contribution in [-0.2, 0) is 11.8 Å². The van der Waals surface area contributed by atoms with Crippen molar-refractivity contribution in [3.63, 3.8) is 0 Å². The first-order chi connectivity index (χ1) is 14.4. The molecule has 4 heterocycles. The minimum atomic E-state index is 0.196. The van der Waals surface area contributed by atoms with Gasteiger partial charge in [-0.25, -0.2) is 19.9 Å². The average molecular weight is 409 g/mol. The van der Waals surface area contributed by atoms with Crippen LogP contribution in [0.5, 0.6) is 5.88 Å². The van der Waals surface area contributed by atoms with Gasteiger partial charge in [-0.1, -0.05) is 6.92 Å². The predicted octanol–water partition coefficient (Wildman–Crippen LogP) is 2.19. The maximum absolute atomic E-state index is 12.1. The highest BCUT2D eigenvalue weighted by molar-refractivity contribution is 5.87. The lowest BCUT2D eigenvalue weighted by atomic mass is 10.2. The molecule has 1 fully saturated rings. The zero-order chi connectivity index (χ0) is 21.4. The van der Waals surface area contributed by atoms with Gasteiger partial charge in [0.05, 0.1) is 7.11 Å². The quantitative estimate of drug-likeness (QED) is 0.638. The van der Waals surface area contributed by atoms with Crippen molar-refractivity contribution < 1.29 is 9.53 Å². The molecule has 4 rings (SSSR count). The van der Waals surface area contributed by atoms with Crippen molar-refractivity contribution >= 4 is 22.9 Å². The minimum absolute atomic E-state index is 0.196. The number of likely N-dealkylation sites (N-methyl/N-ethyl adjacent to an activating group) is 1. The molecule has 0 aromatic carbocycles. The number of anilines is 1. The number of methoxy groups -OCH3 is 1. The van der Waals surface area contributed by atoms with Crippen LogP contribution in [-0.4, -0.2) is 68.6 Å². The largest absolute Gasteiger partial charge is 0.481 e. The van der Waals surface area contributed by atoms with E-state index in [1.165, 1.54) is 0 Å². The second kappa shape index (κ2) is 7.89. The van der Waals surface area contributed by atoms with E-state index in [0.29, 0.717) is 18.8 Å². The van der Waals surface area contributed by atoms with Gasteiger partial charge in [0.25, 0.3) is 0 Å². The summed E-state index contributed by atoms with van der Waals surface area (Å²) in [5.74, 6) is 2.34. The Morgan fingerprint density at radius 3 is 2.83 bits per heavy atom. The normalized spacial score (nSPS) is 16.3. The number of likely N-dealkylation sites (tertiary alicyclic amines) is 1. The first-order valence-corrected chi connectivity index (χ1v) is 10.1. The van der Waals surface area contributed by atoms with E-state index in [0.717, 1.165) is 46.9 Å². The first kappa shape index (κ1) is 20.1. The van der Waals surface area contributed by atoms with Gasteiger partial charge in [-0.05, 0) is 19.4 Å². The van der Waals surface area contributed by atoms with Crippen LogP contribution in [0.15, 0.2) is 18.6 Å². The van der Waals surface area contributed by atoms with Gasteiger partial charge in [0.1, 0.15) is 12.2 Å². The van der Waals surface area contributed by atoms with Gasteiger partial charge < -0.3 is 19.1 Å². The monoisotopic (exact) mass is 409 g/mol. The number of amides is 1. The summed E-state index contributed by atoms with van der Waals surface area (Å²) in [6, 6.07) is 2.21. The summed E-state index contributed by atoms with van der Waals surface area (Å²) in [6.07, 6.45) is 4.78. The van der Waals surface area contributed by atoms with Crippen LogP contribution in [0.1, 0.15) is 25.3 Å². The Morgan fingerprint density at radius 1 is 1.33 bits per heavy atom. The highest BCUT2D eigenvalue weighted by Gasteiger charge is 2.30. The Labute approximate surface area is 175 Å². The number of aryl methyl sites for hydroxylation is 2. The molecule has 1 aliphatic heterocycles. The fourth-order valence-electron chi connectivity index (χ4n) is 4.08. The van der Waals surface area contributed by atoms with Gasteiger partial charge in [0.2, 0.25) is 11.8 Å². The summed E-state index contributed by atoms with van der Waals surface area (Å²) < 4.78 is 7.23. The Bertz CT molecular complexity index is 1090. The second-order valence-corrected chi connectivity index (χ2v) is 7.66. The van der Waals surface area contributed by atoms with Crippen molar-refractivity contribution in [1.29, 1.82) is 0 Å². The summed E-state index contributed by atoms with van der Waals surface area (Å²) in [7, 11) is 5.57. The third-order valence-electron chi connectivity index (χ3n) is 5.82. The number of rotatable bonds is 5. The SMILES string of the molecule is CCC(=O)N1CC[C@H](N(C)c2ncnc3c2nc(-c2cnc(OC)c(C)c2)n3C)C1. The number of ether oxygens (including phenoxy) is 1. The summed E-state index contributed by atoms with van der Waals surface area (Å²) in [4.78, 5) is 34.4. The van der Waals surface area contributed by atoms with Crippen LogP contribution in [0.25, 0.3) is 22.6 Å². The number of imidazole rings is 1. The molecule has 0 N–H and O–H groups in total. The maximum Gasteiger partial charge on any atom is 0.222 e. The van der Waals surface area contributed by atoms with Crippen molar-refractivity contribution in [1.82, 2.24) is 29.4 Å². The molecular weight excluding hydrogens is 382 g/mol. The molecule has 1 aliphatic rings. The Kier molecular flexibility index (Phi) is 5.27. The molecule has 0 bridgehead atoms. The Hall–Kier alpha value is -3.23. The van der Waals surface area contributed by atoms with E-state index in [1.54, 1.807) is 19.6 Å². The third-order valence-corrected chi connectivity index (χ3v) is 5.82. The second-order valence-electron chi connectivity index (χ2n) is 7.66. The Balaban J connectivity index is 1.70. The lowest BCUT2D eigenvalue weighted by Gasteiger charge is -2.25. The van der Waals surface area contributed by atoms with E-state index < -0.39 is 0 Å². The van der Waals surface area contributed by atoms with Crippen LogP contribution in [0.3, 0.4) is 0 Å². The summed E-state index contributed by atoms with van der Waals surface area (Å²) in [5.41, 5.74) is 3.33. The van der Waals surface area contributed by atoms with Crippen molar-refractivity contribution in [2.45, 2.75) is 32.7 Å². The van der Waals surface area contributed by atoms with Gasteiger partial charge in [0.15, 0.2) is 17.0 Å². The van der Waals surface area contributed by atoms with Crippen molar-refractivity contribution in [2.24, 2.45) is 7.05 Å². The van der Waals surface area contributed by atoms with Crippen LogP contribution < -0.4 is 9.64 Å².